The summed E-state index contributed by atoms with van der Waals surface area (Å²) in [6.07, 6.45) is 8.20. The van der Waals surface area contributed by atoms with Gasteiger partial charge in [-0.2, -0.15) is 0 Å². The van der Waals surface area contributed by atoms with Gasteiger partial charge in [0, 0.05) is 29.6 Å². The highest BCUT2D eigenvalue weighted by Gasteiger charge is 2.47. The van der Waals surface area contributed by atoms with E-state index in [-0.39, 0.29) is 23.9 Å². The van der Waals surface area contributed by atoms with Crippen molar-refractivity contribution in [3.05, 3.63) is 81.9 Å². The van der Waals surface area contributed by atoms with Crippen LogP contribution in [0.2, 0.25) is 0 Å². The van der Waals surface area contributed by atoms with Crippen LogP contribution in [0, 0.1) is 0 Å². The van der Waals surface area contributed by atoms with E-state index < -0.39 is 5.92 Å². The lowest BCUT2D eigenvalue weighted by atomic mass is 9.80. The SMILES string of the molecule is CCCCN(CCNC(=O)[C@@H]1c2ccccc2C(=O)N(C2CCCC2)[C@@H]1c1cccs1)Cc1ccco1. The number of unbranched alkanes of at least 4 members (excludes halogenated alkanes) is 1. The van der Waals surface area contributed by atoms with Crippen LogP contribution in [-0.2, 0) is 11.3 Å². The van der Waals surface area contributed by atoms with E-state index in [0.717, 1.165) is 74.4 Å². The summed E-state index contributed by atoms with van der Waals surface area (Å²) < 4.78 is 5.57. The van der Waals surface area contributed by atoms with Crippen LogP contribution in [0.1, 0.15) is 84.0 Å². The molecule has 2 aromatic heterocycles. The van der Waals surface area contributed by atoms with Gasteiger partial charge in [-0.05, 0) is 61.0 Å². The predicted molar refractivity (Wildman–Crippen MR) is 147 cm³/mol. The van der Waals surface area contributed by atoms with Crippen LogP contribution in [0.4, 0.5) is 0 Å². The standard InChI is InChI=1S/C30H37N3O3S/c1-2-3-17-32(21-23-12-8-19-36-23)18-16-31-29(34)27-24-13-6-7-14-25(24)30(35)33(22-10-4-5-11-22)28(27)26-15-9-20-37-26/h6-9,12-15,19-20,22,27-28H,2-5,10-11,16-18,21H2,1H3,(H,31,34)/t27-,28-/m1/s1. The van der Waals surface area contributed by atoms with Gasteiger partial charge in [0.15, 0.2) is 0 Å². The lowest BCUT2D eigenvalue weighted by Gasteiger charge is -2.44. The van der Waals surface area contributed by atoms with Crippen molar-refractivity contribution in [3.8, 4) is 0 Å². The number of benzene rings is 1. The van der Waals surface area contributed by atoms with Gasteiger partial charge in [-0.25, -0.2) is 0 Å². The van der Waals surface area contributed by atoms with Crippen LogP contribution in [0.5, 0.6) is 0 Å². The smallest absolute Gasteiger partial charge is 0.254 e. The van der Waals surface area contributed by atoms with Gasteiger partial charge >= 0.3 is 0 Å². The van der Waals surface area contributed by atoms with Gasteiger partial charge in [-0.15, -0.1) is 11.3 Å². The molecule has 2 aliphatic rings. The van der Waals surface area contributed by atoms with Crippen molar-refractivity contribution in [3.63, 3.8) is 0 Å². The molecule has 0 unspecified atom stereocenters. The first-order valence-electron chi connectivity index (χ1n) is 13.6. The van der Waals surface area contributed by atoms with Gasteiger partial charge in [-0.3, -0.25) is 14.5 Å². The molecule has 6 nitrogen and oxygen atoms in total. The number of furan rings is 1. The third-order valence-corrected chi connectivity index (χ3v) is 8.67. The number of rotatable bonds is 11. The Morgan fingerprint density at radius 1 is 1.11 bits per heavy atom. The van der Waals surface area contributed by atoms with Gasteiger partial charge in [0.2, 0.25) is 5.91 Å². The molecule has 0 saturated heterocycles. The summed E-state index contributed by atoms with van der Waals surface area (Å²) in [6.45, 7) is 5.18. The number of carbonyl (C=O) groups is 2. The first-order chi connectivity index (χ1) is 18.2. The molecule has 5 rings (SSSR count). The number of carbonyl (C=O) groups excluding carboxylic acids is 2. The quantitative estimate of drug-likeness (QED) is 0.338. The molecule has 1 saturated carbocycles. The van der Waals surface area contributed by atoms with Crippen LogP contribution >= 0.6 is 11.3 Å². The Morgan fingerprint density at radius 3 is 2.68 bits per heavy atom. The number of hydrogen-bond acceptors (Lipinski definition) is 5. The summed E-state index contributed by atoms with van der Waals surface area (Å²) in [6, 6.07) is 15.6. The summed E-state index contributed by atoms with van der Waals surface area (Å²) in [5.41, 5.74) is 1.51. The molecule has 2 amide bonds. The average Bonchev–Trinajstić information content (AvgIpc) is 3.71. The van der Waals surface area contributed by atoms with Crippen molar-refractivity contribution in [1.29, 1.82) is 0 Å². The fourth-order valence-electron chi connectivity index (χ4n) is 5.90. The number of nitrogens with one attached hydrogen (secondary N) is 1. The minimum Gasteiger partial charge on any atom is -0.468 e. The molecule has 7 heteroatoms. The third kappa shape index (κ3) is 5.68. The van der Waals surface area contributed by atoms with Crippen molar-refractivity contribution in [2.45, 2.75) is 70.0 Å². The minimum atomic E-state index is -0.428. The molecular formula is C30H37N3O3S. The topological polar surface area (TPSA) is 65.8 Å². The highest BCUT2D eigenvalue weighted by Crippen LogP contribution is 2.47. The molecule has 2 atom stereocenters. The molecule has 3 heterocycles. The normalized spacial score (nSPS) is 19.9. The Morgan fingerprint density at radius 2 is 1.95 bits per heavy atom. The Labute approximate surface area is 223 Å². The zero-order chi connectivity index (χ0) is 25.6. The monoisotopic (exact) mass is 519 g/mol. The Kier molecular flexibility index (Phi) is 8.41. The number of thiophene rings is 1. The van der Waals surface area contributed by atoms with E-state index in [9.17, 15) is 9.59 Å². The number of nitrogens with zero attached hydrogens (tertiary/aromatic N) is 2. The molecule has 1 aliphatic carbocycles. The highest BCUT2D eigenvalue weighted by molar-refractivity contribution is 7.10. The molecule has 1 N–H and O–H groups in total. The summed E-state index contributed by atoms with van der Waals surface area (Å²) in [4.78, 5) is 33.2. The maximum Gasteiger partial charge on any atom is 0.254 e. The van der Waals surface area contributed by atoms with E-state index in [4.69, 9.17) is 4.42 Å². The van der Waals surface area contributed by atoms with Gasteiger partial charge in [-0.1, -0.05) is 50.5 Å². The zero-order valence-electron chi connectivity index (χ0n) is 21.6. The van der Waals surface area contributed by atoms with Crippen molar-refractivity contribution in [2.75, 3.05) is 19.6 Å². The average molecular weight is 520 g/mol. The van der Waals surface area contributed by atoms with Gasteiger partial charge in [0.1, 0.15) is 5.76 Å². The van der Waals surface area contributed by atoms with Crippen molar-refractivity contribution in [2.24, 2.45) is 0 Å². The summed E-state index contributed by atoms with van der Waals surface area (Å²) >= 11 is 1.64. The maximum absolute atomic E-state index is 14.0. The fraction of sp³-hybridized carbons (Fsp3) is 0.467. The second kappa shape index (κ2) is 12.1. The highest BCUT2D eigenvalue weighted by atomic mass is 32.1. The number of amides is 2. The molecule has 3 aromatic rings. The van der Waals surface area contributed by atoms with Gasteiger partial charge in [0.05, 0.1) is 24.8 Å². The van der Waals surface area contributed by atoms with Gasteiger partial charge in [0.25, 0.3) is 5.91 Å². The van der Waals surface area contributed by atoms with Crippen LogP contribution in [0.3, 0.4) is 0 Å². The van der Waals surface area contributed by atoms with E-state index in [1.807, 2.05) is 47.8 Å². The van der Waals surface area contributed by atoms with Crippen molar-refractivity contribution < 1.29 is 14.0 Å². The third-order valence-electron chi connectivity index (χ3n) is 7.73. The predicted octanol–water partition coefficient (Wildman–Crippen LogP) is 5.98. The molecule has 0 radical (unpaired) electrons. The first-order valence-corrected chi connectivity index (χ1v) is 14.5. The lowest BCUT2D eigenvalue weighted by Crippen LogP contribution is -2.51. The maximum atomic E-state index is 14.0. The molecule has 196 valence electrons. The Bertz CT molecular complexity index is 1150. The summed E-state index contributed by atoms with van der Waals surface area (Å²) in [5.74, 6) is 0.568. The van der Waals surface area contributed by atoms with Crippen molar-refractivity contribution in [1.82, 2.24) is 15.1 Å². The first kappa shape index (κ1) is 25.7. The second-order valence-electron chi connectivity index (χ2n) is 10.2. The van der Waals surface area contributed by atoms with E-state index in [1.54, 1.807) is 17.6 Å². The van der Waals surface area contributed by atoms with E-state index >= 15 is 0 Å². The molecular weight excluding hydrogens is 482 g/mol. The molecule has 1 fully saturated rings. The van der Waals surface area contributed by atoms with Gasteiger partial charge < -0.3 is 14.6 Å². The van der Waals surface area contributed by atoms with Crippen molar-refractivity contribution >= 4 is 23.2 Å². The molecule has 37 heavy (non-hydrogen) atoms. The second-order valence-corrected chi connectivity index (χ2v) is 11.2. The largest absolute Gasteiger partial charge is 0.468 e. The van der Waals surface area contributed by atoms with Crippen LogP contribution in [-0.4, -0.2) is 47.3 Å². The molecule has 0 bridgehead atoms. The van der Waals surface area contributed by atoms with Crippen LogP contribution in [0.15, 0.2) is 64.6 Å². The van der Waals surface area contributed by atoms with E-state index in [1.165, 1.54) is 0 Å². The zero-order valence-corrected chi connectivity index (χ0v) is 22.4. The van der Waals surface area contributed by atoms with Crippen LogP contribution in [0.25, 0.3) is 0 Å². The number of hydrogen-bond donors (Lipinski definition) is 1. The Hall–Kier alpha value is -2.90. The summed E-state index contributed by atoms with van der Waals surface area (Å²) in [5, 5.41) is 5.30. The van der Waals surface area contributed by atoms with E-state index in [2.05, 4.69) is 28.1 Å². The number of fused-ring (bicyclic) bond motifs is 1. The van der Waals surface area contributed by atoms with E-state index in [0.29, 0.717) is 12.1 Å². The molecule has 1 aromatic carbocycles. The lowest BCUT2D eigenvalue weighted by molar-refractivity contribution is -0.124. The summed E-state index contributed by atoms with van der Waals surface area (Å²) in [7, 11) is 0. The Balaban J connectivity index is 1.38. The minimum absolute atomic E-state index is 0.00483. The fourth-order valence-corrected chi connectivity index (χ4v) is 6.76. The van der Waals surface area contributed by atoms with Crippen LogP contribution < -0.4 is 5.32 Å². The molecule has 0 spiro atoms. The molecule has 1 aliphatic heterocycles.